The average Bonchev–Trinajstić information content (AvgIpc) is 2.52. The summed E-state index contributed by atoms with van der Waals surface area (Å²) in [7, 11) is 0. The van der Waals surface area contributed by atoms with Crippen LogP contribution in [0.3, 0.4) is 0 Å². The van der Waals surface area contributed by atoms with Gasteiger partial charge in [-0.25, -0.2) is 4.39 Å². The molecule has 3 heteroatoms. The highest BCUT2D eigenvalue weighted by atomic mass is 32.2. The largest absolute Gasteiger partial charge is 0.304 e. The lowest BCUT2D eigenvalue weighted by Gasteiger charge is -2.24. The summed E-state index contributed by atoms with van der Waals surface area (Å²) in [6.45, 7) is 2.20. The number of nitrogens with one attached hydrogen (secondary N) is 1. The fourth-order valence-corrected chi connectivity index (χ4v) is 2.94. The molecule has 0 spiro atoms. The van der Waals surface area contributed by atoms with Gasteiger partial charge in [0.05, 0.1) is 6.04 Å². The van der Waals surface area contributed by atoms with Gasteiger partial charge >= 0.3 is 0 Å². The van der Waals surface area contributed by atoms with Gasteiger partial charge in [-0.15, -0.1) is 0 Å². The molecule has 0 aromatic heterocycles. The first-order valence-corrected chi connectivity index (χ1v) is 8.65. The van der Waals surface area contributed by atoms with Crippen molar-refractivity contribution in [3.8, 4) is 0 Å². The van der Waals surface area contributed by atoms with Crippen molar-refractivity contribution in [3.05, 3.63) is 71.5 Å². The Morgan fingerprint density at radius 2 is 1.62 bits per heavy atom. The van der Waals surface area contributed by atoms with Gasteiger partial charge < -0.3 is 5.32 Å². The summed E-state index contributed by atoms with van der Waals surface area (Å²) in [6, 6.07) is 17.6. The van der Waals surface area contributed by atoms with Crippen LogP contribution in [0.4, 0.5) is 4.39 Å². The highest BCUT2D eigenvalue weighted by Gasteiger charge is 2.16. The molecule has 0 saturated carbocycles. The van der Waals surface area contributed by atoms with E-state index in [9.17, 15) is 4.39 Å². The monoisotopic (exact) mass is 303 g/mol. The lowest BCUT2D eigenvalue weighted by molar-refractivity contribution is 0.489. The van der Waals surface area contributed by atoms with Gasteiger partial charge in [-0.2, -0.15) is 11.8 Å². The number of rotatable bonds is 7. The van der Waals surface area contributed by atoms with E-state index in [4.69, 9.17) is 0 Å². The Morgan fingerprint density at radius 1 is 1.00 bits per heavy atom. The lowest BCUT2D eigenvalue weighted by atomic mass is 9.97. The van der Waals surface area contributed by atoms with Crippen LogP contribution in [-0.4, -0.2) is 18.1 Å². The zero-order chi connectivity index (χ0) is 15.1. The van der Waals surface area contributed by atoms with Crippen molar-refractivity contribution in [1.82, 2.24) is 5.32 Å². The Labute approximate surface area is 131 Å². The standard InChI is InChI=1S/C18H22FNS/c1-14(12-13-21-2)20-18(15-6-4-3-5-7-15)16-8-10-17(19)11-9-16/h3-11,14,18,20H,12-13H2,1-2H3. The predicted molar refractivity (Wildman–Crippen MR) is 90.3 cm³/mol. The maximum atomic E-state index is 13.2. The number of halogens is 1. The molecule has 0 radical (unpaired) electrons. The van der Waals surface area contributed by atoms with Crippen molar-refractivity contribution < 1.29 is 4.39 Å². The second-order valence-electron chi connectivity index (χ2n) is 5.24. The van der Waals surface area contributed by atoms with Crippen LogP contribution in [0.15, 0.2) is 54.6 Å². The van der Waals surface area contributed by atoms with Crippen molar-refractivity contribution in [3.63, 3.8) is 0 Å². The molecule has 2 aromatic rings. The van der Waals surface area contributed by atoms with Crippen LogP contribution in [0.5, 0.6) is 0 Å². The molecule has 0 heterocycles. The summed E-state index contributed by atoms with van der Waals surface area (Å²) in [6.07, 6.45) is 3.24. The summed E-state index contributed by atoms with van der Waals surface area (Å²) in [5.74, 6) is 0.944. The third-order valence-electron chi connectivity index (χ3n) is 3.54. The second-order valence-corrected chi connectivity index (χ2v) is 6.23. The van der Waals surface area contributed by atoms with Crippen molar-refractivity contribution in [2.45, 2.75) is 25.4 Å². The van der Waals surface area contributed by atoms with E-state index in [0.717, 1.165) is 17.7 Å². The van der Waals surface area contributed by atoms with Gasteiger partial charge in [0.15, 0.2) is 0 Å². The van der Waals surface area contributed by atoms with Gasteiger partial charge in [0.25, 0.3) is 0 Å². The maximum absolute atomic E-state index is 13.2. The van der Waals surface area contributed by atoms with E-state index in [2.05, 4.69) is 30.6 Å². The highest BCUT2D eigenvalue weighted by Crippen LogP contribution is 2.23. The normalized spacial score (nSPS) is 13.9. The summed E-state index contributed by atoms with van der Waals surface area (Å²) in [5.41, 5.74) is 2.30. The van der Waals surface area contributed by atoms with Crippen LogP contribution in [0.2, 0.25) is 0 Å². The van der Waals surface area contributed by atoms with Gasteiger partial charge in [-0.05, 0) is 48.6 Å². The van der Waals surface area contributed by atoms with E-state index in [1.165, 1.54) is 17.7 Å². The fraction of sp³-hybridized carbons (Fsp3) is 0.333. The predicted octanol–water partition coefficient (Wildman–Crippen LogP) is 4.65. The van der Waals surface area contributed by atoms with E-state index in [1.807, 2.05) is 42.1 Å². The van der Waals surface area contributed by atoms with E-state index >= 15 is 0 Å². The molecule has 2 unspecified atom stereocenters. The fourth-order valence-electron chi connectivity index (χ4n) is 2.35. The first-order valence-electron chi connectivity index (χ1n) is 7.26. The molecule has 21 heavy (non-hydrogen) atoms. The summed E-state index contributed by atoms with van der Waals surface area (Å²) in [5, 5.41) is 3.67. The minimum absolute atomic E-state index is 0.101. The van der Waals surface area contributed by atoms with Crippen molar-refractivity contribution >= 4 is 11.8 Å². The van der Waals surface area contributed by atoms with Gasteiger partial charge in [0.2, 0.25) is 0 Å². The summed E-state index contributed by atoms with van der Waals surface area (Å²) < 4.78 is 13.2. The Hall–Kier alpha value is -1.32. The van der Waals surface area contributed by atoms with Crippen LogP contribution in [0.25, 0.3) is 0 Å². The Balaban J connectivity index is 2.20. The first kappa shape index (κ1) is 16.1. The minimum atomic E-state index is -0.194. The second kappa shape index (κ2) is 8.20. The molecule has 0 saturated heterocycles. The smallest absolute Gasteiger partial charge is 0.123 e. The van der Waals surface area contributed by atoms with Crippen molar-refractivity contribution in [1.29, 1.82) is 0 Å². The molecule has 0 aliphatic heterocycles. The topological polar surface area (TPSA) is 12.0 Å². The quantitative estimate of drug-likeness (QED) is 0.799. The number of hydrogen-bond acceptors (Lipinski definition) is 2. The molecule has 0 amide bonds. The zero-order valence-corrected chi connectivity index (χ0v) is 13.4. The van der Waals surface area contributed by atoms with E-state index < -0.39 is 0 Å². The third kappa shape index (κ3) is 4.87. The van der Waals surface area contributed by atoms with E-state index in [-0.39, 0.29) is 11.9 Å². The Bertz CT molecular complexity index is 527. The summed E-state index contributed by atoms with van der Waals surface area (Å²) in [4.78, 5) is 0. The molecule has 2 aromatic carbocycles. The zero-order valence-electron chi connectivity index (χ0n) is 12.6. The van der Waals surface area contributed by atoms with Crippen LogP contribution in [0, 0.1) is 5.82 Å². The molecule has 0 aliphatic rings. The molecule has 1 nitrogen and oxygen atoms in total. The molecular weight excluding hydrogens is 281 g/mol. The first-order chi connectivity index (χ1) is 10.2. The number of thioether (sulfide) groups is 1. The molecule has 2 rings (SSSR count). The van der Waals surface area contributed by atoms with Gasteiger partial charge in [0, 0.05) is 6.04 Å². The van der Waals surface area contributed by atoms with Gasteiger partial charge in [-0.3, -0.25) is 0 Å². The van der Waals surface area contributed by atoms with Crippen molar-refractivity contribution in [2.24, 2.45) is 0 Å². The molecule has 2 atom stereocenters. The lowest BCUT2D eigenvalue weighted by Crippen LogP contribution is -2.31. The molecular formula is C18H22FNS. The number of benzene rings is 2. The van der Waals surface area contributed by atoms with Crippen LogP contribution in [0.1, 0.15) is 30.5 Å². The van der Waals surface area contributed by atoms with Crippen molar-refractivity contribution in [2.75, 3.05) is 12.0 Å². The molecule has 0 aliphatic carbocycles. The average molecular weight is 303 g/mol. The van der Waals surface area contributed by atoms with Crippen LogP contribution in [-0.2, 0) is 0 Å². The highest BCUT2D eigenvalue weighted by molar-refractivity contribution is 7.98. The van der Waals surface area contributed by atoms with Crippen LogP contribution >= 0.6 is 11.8 Å². The molecule has 1 N–H and O–H groups in total. The minimum Gasteiger partial charge on any atom is -0.304 e. The SMILES string of the molecule is CSCCC(C)NC(c1ccccc1)c1ccc(F)cc1. The Kier molecular flexibility index (Phi) is 6.27. The van der Waals surface area contributed by atoms with Gasteiger partial charge in [0.1, 0.15) is 5.82 Å². The molecule has 0 bridgehead atoms. The van der Waals surface area contributed by atoms with Crippen LogP contribution < -0.4 is 5.32 Å². The van der Waals surface area contributed by atoms with Gasteiger partial charge in [-0.1, -0.05) is 42.5 Å². The summed E-state index contributed by atoms with van der Waals surface area (Å²) >= 11 is 1.86. The Morgan fingerprint density at radius 3 is 2.24 bits per heavy atom. The molecule has 112 valence electrons. The van der Waals surface area contributed by atoms with E-state index in [1.54, 1.807) is 0 Å². The third-order valence-corrected chi connectivity index (χ3v) is 4.19. The molecule has 0 fully saturated rings. The maximum Gasteiger partial charge on any atom is 0.123 e. The van der Waals surface area contributed by atoms with E-state index in [0.29, 0.717) is 6.04 Å². The number of hydrogen-bond donors (Lipinski definition) is 1.